The molecule has 11 heavy (non-hydrogen) atoms. The van der Waals surface area contributed by atoms with Crippen molar-refractivity contribution in [2.75, 3.05) is 0 Å². The van der Waals surface area contributed by atoms with Crippen molar-refractivity contribution in [3.8, 4) is 12.5 Å². The number of hydrogen-bond donors (Lipinski definition) is 3. The number of nitrogens with one attached hydrogen (secondary N) is 1. The number of aromatic nitrogens is 2. The first-order valence-corrected chi connectivity index (χ1v) is 2.32. The summed E-state index contributed by atoms with van der Waals surface area (Å²) in [7, 11) is 0. The van der Waals surface area contributed by atoms with Crippen molar-refractivity contribution < 1.29 is 10.2 Å². The summed E-state index contributed by atoms with van der Waals surface area (Å²) in [5.74, 6) is 0. The normalized spacial score (nSPS) is 4.91. The van der Waals surface area contributed by atoms with Gasteiger partial charge in [-0.3, -0.25) is 0 Å². The minimum absolute atomic E-state index is 0.750. The summed E-state index contributed by atoms with van der Waals surface area (Å²) in [5.41, 5.74) is 0. The van der Waals surface area contributed by atoms with Gasteiger partial charge >= 0.3 is 0 Å². The van der Waals surface area contributed by atoms with Crippen LogP contribution in [0.2, 0.25) is 0 Å². The first-order valence-electron chi connectivity index (χ1n) is 2.32. The third-order valence-corrected chi connectivity index (χ3v) is 0.406. The molecule has 0 fully saturated rings. The lowest BCUT2D eigenvalue weighted by Crippen LogP contribution is -1.44. The average molecular weight is 154 g/mol. The molecule has 0 aliphatic heterocycles. The first-order chi connectivity index (χ1) is 5.33. The Labute approximate surface area is 63.0 Å². The summed E-state index contributed by atoms with van der Waals surface area (Å²) >= 11 is 0. The van der Waals surface area contributed by atoms with Crippen LogP contribution < -0.4 is 0 Å². The molecule has 0 aliphatic carbocycles. The van der Waals surface area contributed by atoms with Crippen LogP contribution in [0.15, 0.2) is 18.7 Å². The Morgan fingerprint density at radius 3 is 1.82 bits per heavy atom. The summed E-state index contributed by atoms with van der Waals surface area (Å²) in [6, 6.07) is 0. The number of imidazole rings is 1. The Balaban J connectivity index is 0. The fourth-order valence-electron chi connectivity index (χ4n) is 0.215. The quantitative estimate of drug-likeness (QED) is 0.458. The van der Waals surface area contributed by atoms with Gasteiger partial charge in [-0.25, -0.2) is 4.98 Å². The fourth-order valence-corrected chi connectivity index (χ4v) is 0.215. The lowest BCUT2D eigenvalue weighted by Gasteiger charge is -1.46. The van der Waals surface area contributed by atoms with Crippen LogP contribution in [0.1, 0.15) is 0 Å². The van der Waals surface area contributed by atoms with Crippen LogP contribution >= 0.6 is 0 Å². The summed E-state index contributed by atoms with van der Waals surface area (Å²) in [5, 5.41) is 27.5. The number of H-pyrrole nitrogens is 1. The molecule has 1 aromatic heterocycles. The maximum absolute atomic E-state index is 6.88. The molecule has 0 saturated heterocycles. The molecule has 6 nitrogen and oxygen atoms in total. The zero-order chi connectivity index (χ0) is 8.95. The van der Waals surface area contributed by atoms with Gasteiger partial charge in [0.2, 0.25) is 0 Å². The number of nitrogens with zero attached hydrogens (tertiary/aromatic N) is 3. The molecule has 0 radical (unpaired) electrons. The lowest BCUT2D eigenvalue weighted by molar-refractivity contribution is 0.502. The van der Waals surface area contributed by atoms with Gasteiger partial charge in [-0.2, -0.15) is 10.5 Å². The van der Waals surface area contributed by atoms with Gasteiger partial charge in [0, 0.05) is 12.4 Å². The molecule has 0 unspecified atom stereocenters. The molecule has 0 amide bonds. The van der Waals surface area contributed by atoms with Crippen molar-refractivity contribution in [3.05, 3.63) is 18.7 Å². The number of hydrogen-bond acceptors (Lipinski definition) is 5. The van der Waals surface area contributed by atoms with Gasteiger partial charge < -0.3 is 15.2 Å². The van der Waals surface area contributed by atoms with Gasteiger partial charge in [-0.15, -0.1) is 0 Å². The molecule has 0 atom stereocenters. The molecular formula is C5H6N4O2. The van der Waals surface area contributed by atoms with E-state index in [9.17, 15) is 0 Å². The largest absolute Gasteiger partial charge is 0.443 e. The summed E-state index contributed by atoms with van der Waals surface area (Å²) in [6.45, 7) is 0. The van der Waals surface area contributed by atoms with E-state index in [1.807, 2.05) is 0 Å². The highest BCUT2D eigenvalue weighted by molar-refractivity contribution is 4.64. The first kappa shape index (κ1) is 11.6. The van der Waals surface area contributed by atoms with Gasteiger partial charge in [-0.05, 0) is 0 Å². The standard InChI is InChI=1S/C3H4N2.2CHNO/c1-2-5-3-4-1;2*2-1-3/h1-3H,(H,4,5);2*3H. The molecule has 1 aromatic rings. The molecule has 0 bridgehead atoms. The fraction of sp³-hybridized carbons (Fsp3) is 0. The third kappa shape index (κ3) is 33.5. The predicted octanol–water partition coefficient (Wildman–Crippen LogP) is 0.0897. The van der Waals surface area contributed by atoms with Crippen molar-refractivity contribution in [2.45, 2.75) is 0 Å². The van der Waals surface area contributed by atoms with E-state index in [2.05, 4.69) is 9.97 Å². The van der Waals surface area contributed by atoms with Crippen LogP contribution in [0.25, 0.3) is 0 Å². The van der Waals surface area contributed by atoms with E-state index in [0.717, 1.165) is 12.5 Å². The number of rotatable bonds is 0. The third-order valence-electron chi connectivity index (χ3n) is 0.406. The van der Waals surface area contributed by atoms with Crippen molar-refractivity contribution in [1.82, 2.24) is 9.97 Å². The summed E-state index contributed by atoms with van der Waals surface area (Å²) in [4.78, 5) is 6.42. The Kier molecular flexibility index (Phi) is 16.5. The Morgan fingerprint density at radius 1 is 1.27 bits per heavy atom. The molecule has 3 N–H and O–H groups in total. The SMILES string of the molecule is N#CO.N#CO.c1c[nH]cn1. The van der Waals surface area contributed by atoms with E-state index in [1.165, 1.54) is 0 Å². The van der Waals surface area contributed by atoms with E-state index in [-0.39, 0.29) is 0 Å². The van der Waals surface area contributed by atoms with Gasteiger partial charge in [-0.1, -0.05) is 0 Å². The number of aliphatic hydroxyl groups excluding tert-OH is 2. The minimum Gasteiger partial charge on any atom is -0.443 e. The number of aromatic amines is 1. The van der Waals surface area contributed by atoms with Crippen molar-refractivity contribution in [3.63, 3.8) is 0 Å². The van der Waals surface area contributed by atoms with Gasteiger partial charge in [0.1, 0.15) is 0 Å². The molecule has 58 valence electrons. The molecule has 1 heterocycles. The maximum Gasteiger partial charge on any atom is 0.283 e. The highest BCUT2D eigenvalue weighted by Crippen LogP contribution is 1.62. The predicted molar refractivity (Wildman–Crippen MR) is 33.7 cm³/mol. The monoisotopic (exact) mass is 154 g/mol. The van der Waals surface area contributed by atoms with Crippen LogP contribution in [0.3, 0.4) is 0 Å². The summed E-state index contributed by atoms with van der Waals surface area (Å²) < 4.78 is 0. The second-order valence-corrected chi connectivity index (χ2v) is 0.961. The second-order valence-electron chi connectivity index (χ2n) is 0.961. The van der Waals surface area contributed by atoms with Crippen LogP contribution in [-0.2, 0) is 0 Å². The highest BCUT2D eigenvalue weighted by Gasteiger charge is 1.56. The lowest BCUT2D eigenvalue weighted by atomic mass is 11.0. The number of nitriles is 2. The zero-order valence-electron chi connectivity index (χ0n) is 5.47. The van der Waals surface area contributed by atoms with Crippen LogP contribution in [0, 0.1) is 23.0 Å². The van der Waals surface area contributed by atoms with Crippen molar-refractivity contribution >= 4 is 0 Å². The van der Waals surface area contributed by atoms with Crippen molar-refractivity contribution in [1.29, 1.82) is 10.5 Å². The smallest absolute Gasteiger partial charge is 0.283 e. The molecular weight excluding hydrogens is 148 g/mol. The van der Waals surface area contributed by atoms with Crippen molar-refractivity contribution in [2.24, 2.45) is 0 Å². The minimum atomic E-state index is 0.750. The van der Waals surface area contributed by atoms with Crippen LogP contribution in [0.4, 0.5) is 0 Å². The molecule has 6 heteroatoms. The Bertz CT molecular complexity index is 178. The van der Waals surface area contributed by atoms with E-state index < -0.39 is 0 Å². The van der Waals surface area contributed by atoms with Crippen LogP contribution in [0.5, 0.6) is 0 Å². The number of aliphatic hydroxyl groups is 2. The van der Waals surface area contributed by atoms with Gasteiger partial charge in [0.25, 0.3) is 12.5 Å². The van der Waals surface area contributed by atoms with Crippen LogP contribution in [-0.4, -0.2) is 20.2 Å². The molecule has 0 aliphatic rings. The zero-order valence-corrected chi connectivity index (χ0v) is 5.47. The van der Waals surface area contributed by atoms with E-state index >= 15 is 0 Å². The molecule has 0 spiro atoms. The maximum atomic E-state index is 6.88. The average Bonchev–Trinajstić information content (AvgIpc) is 2.44. The summed E-state index contributed by atoms with van der Waals surface area (Å²) in [6.07, 6.45) is 6.58. The van der Waals surface area contributed by atoms with Gasteiger partial charge in [0.05, 0.1) is 6.33 Å². The second kappa shape index (κ2) is 15.7. The Hall–Kier alpha value is -2.21. The van der Waals surface area contributed by atoms with Gasteiger partial charge in [0.15, 0.2) is 0 Å². The molecule has 1 rings (SSSR count). The van der Waals surface area contributed by atoms with E-state index in [1.54, 1.807) is 18.7 Å². The van der Waals surface area contributed by atoms with E-state index in [0.29, 0.717) is 0 Å². The molecule has 0 aromatic carbocycles. The van der Waals surface area contributed by atoms with E-state index in [4.69, 9.17) is 20.7 Å². The highest BCUT2D eigenvalue weighted by atomic mass is 16.2. The topological polar surface area (TPSA) is 117 Å². The Morgan fingerprint density at radius 2 is 1.73 bits per heavy atom. The molecule has 0 saturated carbocycles.